The molecule has 0 amide bonds. The number of allylic oxidation sites excluding steroid dienone is 5. The van der Waals surface area contributed by atoms with Crippen LogP contribution in [0.15, 0.2) is 34.8 Å². The molecule has 202 valence electrons. The molecule has 0 fully saturated rings. The average molecular weight is 539 g/mol. The van der Waals surface area contributed by atoms with E-state index in [1.807, 2.05) is 0 Å². The Morgan fingerprint density at radius 2 is 1.40 bits per heavy atom. The zero-order valence-corrected chi connectivity index (χ0v) is 20.8. The number of ether oxygens (including phenoxy) is 2. The average Bonchev–Trinajstić information content (AvgIpc) is 2.66. The van der Waals surface area contributed by atoms with Crippen molar-refractivity contribution in [3.05, 3.63) is 34.8 Å². The van der Waals surface area contributed by atoms with E-state index in [9.17, 15) is 44.3 Å². The summed E-state index contributed by atoms with van der Waals surface area (Å²) in [6.07, 6.45) is -11.6. The van der Waals surface area contributed by atoms with Gasteiger partial charge in [-0.2, -0.15) is 34.8 Å². The highest BCUT2D eigenvalue weighted by molar-refractivity contribution is 7.90. The molecule has 0 aromatic rings. The van der Waals surface area contributed by atoms with E-state index >= 15 is 0 Å². The largest absolute Gasteiger partial charge is 0.465 e. The third kappa shape index (κ3) is 10.0. The minimum absolute atomic E-state index is 0.0402. The van der Waals surface area contributed by atoms with Gasteiger partial charge in [0.2, 0.25) is 0 Å². The highest BCUT2D eigenvalue weighted by Crippen LogP contribution is 2.34. The number of carbonyl (C=O) groups is 2. The molecule has 14 heteroatoms. The lowest BCUT2D eigenvalue weighted by Gasteiger charge is -2.29. The summed E-state index contributed by atoms with van der Waals surface area (Å²) >= 11 is 0. The van der Waals surface area contributed by atoms with Crippen LogP contribution in [0.5, 0.6) is 0 Å². The number of hydrogen-bond donors (Lipinski definition) is 0. The van der Waals surface area contributed by atoms with E-state index < -0.39 is 74.5 Å². The maximum atomic E-state index is 13.3. The maximum Gasteiger partial charge on any atom is 0.416 e. The van der Waals surface area contributed by atoms with Crippen LogP contribution in [0.1, 0.15) is 48.0 Å². The number of esters is 2. The first-order valence-corrected chi connectivity index (χ1v) is 11.5. The topological polar surface area (TPSA) is 96.0 Å². The van der Waals surface area contributed by atoms with Gasteiger partial charge in [-0.3, -0.25) is 13.8 Å². The van der Waals surface area contributed by atoms with Gasteiger partial charge >= 0.3 is 24.3 Å². The molecule has 0 heterocycles. The quantitative estimate of drug-likeness (QED) is 0.125. The predicted molar refractivity (Wildman–Crippen MR) is 113 cm³/mol. The van der Waals surface area contributed by atoms with Gasteiger partial charge in [-0.25, -0.2) is 0 Å². The van der Waals surface area contributed by atoms with Gasteiger partial charge in [0.25, 0.3) is 10.1 Å². The smallest absolute Gasteiger partial charge is 0.416 e. The van der Waals surface area contributed by atoms with Crippen molar-refractivity contribution >= 4 is 22.1 Å². The van der Waals surface area contributed by atoms with Crippen molar-refractivity contribution in [2.45, 2.75) is 65.9 Å². The molecule has 1 atom stereocenters. The van der Waals surface area contributed by atoms with Crippen LogP contribution in [0.3, 0.4) is 0 Å². The zero-order valence-electron chi connectivity index (χ0n) is 20.0. The molecule has 0 radical (unpaired) electrons. The number of halogens is 6. The molecule has 0 aliphatic carbocycles. The minimum atomic E-state index is -5.37. The van der Waals surface area contributed by atoms with Crippen molar-refractivity contribution in [3.8, 4) is 0 Å². The summed E-state index contributed by atoms with van der Waals surface area (Å²) in [5.74, 6) is -2.44. The Morgan fingerprint density at radius 3 is 1.77 bits per heavy atom. The third-order valence-electron chi connectivity index (χ3n) is 4.09. The Morgan fingerprint density at radius 1 is 0.886 bits per heavy atom. The van der Waals surface area contributed by atoms with Gasteiger partial charge < -0.3 is 9.47 Å². The van der Waals surface area contributed by atoms with Crippen LogP contribution in [0.25, 0.3) is 0 Å². The second-order valence-corrected chi connectivity index (χ2v) is 10.0. The van der Waals surface area contributed by atoms with Crippen LogP contribution in [0, 0.1) is 5.41 Å². The van der Waals surface area contributed by atoms with Crippen LogP contribution in [0.2, 0.25) is 0 Å². The highest BCUT2D eigenvalue weighted by atomic mass is 32.2. The first-order valence-electron chi connectivity index (χ1n) is 10.1. The van der Waals surface area contributed by atoms with Crippen molar-refractivity contribution in [1.29, 1.82) is 0 Å². The Labute approximate surface area is 199 Å². The van der Waals surface area contributed by atoms with Crippen molar-refractivity contribution in [3.63, 3.8) is 0 Å². The summed E-state index contributed by atoms with van der Waals surface area (Å²) in [5, 5.41) is 0. The zero-order chi connectivity index (χ0) is 28.0. The predicted octanol–water partition coefficient (Wildman–Crippen LogP) is 5.15. The normalized spacial score (nSPS) is 15.9. The highest BCUT2D eigenvalue weighted by Gasteiger charge is 2.48. The summed E-state index contributed by atoms with van der Waals surface area (Å²) in [4.78, 5) is 23.9. The maximum absolute atomic E-state index is 13.3. The molecular weight excluding hydrogens is 510 g/mol. The fourth-order valence-electron chi connectivity index (χ4n) is 2.15. The van der Waals surface area contributed by atoms with Crippen molar-refractivity contribution in [2.75, 3.05) is 13.2 Å². The van der Waals surface area contributed by atoms with E-state index in [0.717, 1.165) is 13.8 Å². The molecule has 0 saturated heterocycles. The molecule has 1 unspecified atom stereocenters. The van der Waals surface area contributed by atoms with Crippen LogP contribution >= 0.6 is 0 Å². The summed E-state index contributed by atoms with van der Waals surface area (Å²) in [6.45, 7) is 8.97. The fourth-order valence-corrected chi connectivity index (χ4v) is 3.32. The van der Waals surface area contributed by atoms with E-state index in [1.54, 1.807) is 0 Å². The van der Waals surface area contributed by atoms with Crippen LogP contribution in [-0.2, 0) is 33.4 Å². The minimum Gasteiger partial charge on any atom is -0.465 e. The monoisotopic (exact) mass is 538 g/mol. The standard InChI is InChI=1S/C21H28F6O7S/c1-8-15(11-14(21(25,26)27)10-13(3)20(22,23)24)35(30,31)33-12-19(7,16(28)32-9-2)17(29)34-18(4,5)6/h10-11H,3,8-9,12H2,1-2,4-7H3. The summed E-state index contributed by atoms with van der Waals surface area (Å²) < 4.78 is 118. The molecule has 7 nitrogen and oxygen atoms in total. The van der Waals surface area contributed by atoms with E-state index in [1.165, 1.54) is 27.7 Å². The molecule has 0 spiro atoms. The molecular formula is C21H28F6O7S. The van der Waals surface area contributed by atoms with E-state index in [2.05, 4.69) is 6.58 Å². The number of hydrogen-bond acceptors (Lipinski definition) is 7. The van der Waals surface area contributed by atoms with Crippen molar-refractivity contribution < 1.29 is 58.0 Å². The van der Waals surface area contributed by atoms with Gasteiger partial charge in [-0.15, -0.1) is 0 Å². The Hall–Kier alpha value is -2.35. The second-order valence-electron chi connectivity index (χ2n) is 8.36. The van der Waals surface area contributed by atoms with Gasteiger partial charge in [0.05, 0.1) is 23.7 Å². The fraction of sp³-hybridized carbons (Fsp3) is 0.619. The first kappa shape index (κ1) is 32.6. The van der Waals surface area contributed by atoms with Crippen LogP contribution < -0.4 is 0 Å². The summed E-state index contributed by atoms with van der Waals surface area (Å²) in [5.41, 5.74) is -7.26. The van der Waals surface area contributed by atoms with Crippen molar-refractivity contribution in [2.24, 2.45) is 5.41 Å². The lowest BCUT2D eigenvalue weighted by atomic mass is 9.92. The Kier molecular flexibility index (Phi) is 10.8. The Bertz CT molecular complexity index is 970. The summed E-state index contributed by atoms with van der Waals surface area (Å²) in [7, 11) is -5.06. The Balaban J connectivity index is 6.33. The van der Waals surface area contributed by atoms with E-state index in [0.29, 0.717) is 0 Å². The second kappa shape index (κ2) is 11.6. The van der Waals surface area contributed by atoms with Crippen LogP contribution in [0.4, 0.5) is 26.3 Å². The molecule has 0 N–H and O–H groups in total. The molecule has 0 aliphatic rings. The lowest BCUT2D eigenvalue weighted by molar-refractivity contribution is -0.180. The van der Waals surface area contributed by atoms with Gasteiger partial charge in [0.1, 0.15) is 5.60 Å². The molecule has 0 bridgehead atoms. The van der Waals surface area contributed by atoms with E-state index in [-0.39, 0.29) is 18.8 Å². The molecule has 0 saturated carbocycles. The molecule has 0 aliphatic heterocycles. The van der Waals surface area contributed by atoms with E-state index in [4.69, 9.17) is 13.7 Å². The first-order chi connectivity index (χ1) is 15.5. The molecule has 0 aromatic carbocycles. The van der Waals surface area contributed by atoms with Gasteiger partial charge in [-0.05, 0) is 53.2 Å². The van der Waals surface area contributed by atoms with Gasteiger partial charge in [-0.1, -0.05) is 13.5 Å². The molecule has 0 aromatic heterocycles. The SMILES string of the molecule is C=C(C=C(C=C(CC)S(=O)(=O)OCC(C)(C(=O)OCC)C(=O)OC(C)(C)C)C(F)(F)F)C(F)(F)F. The molecule has 35 heavy (non-hydrogen) atoms. The van der Waals surface area contributed by atoms with Gasteiger partial charge in [0, 0.05) is 5.57 Å². The van der Waals surface area contributed by atoms with Crippen LogP contribution in [-0.4, -0.2) is 51.5 Å². The molecule has 0 rings (SSSR count). The van der Waals surface area contributed by atoms with Gasteiger partial charge in [0.15, 0.2) is 5.41 Å². The number of alkyl halides is 6. The number of carbonyl (C=O) groups excluding carboxylic acids is 2. The third-order valence-corrected chi connectivity index (χ3v) is 5.56. The van der Waals surface area contributed by atoms with Crippen molar-refractivity contribution in [1.82, 2.24) is 0 Å². The summed E-state index contributed by atoms with van der Waals surface area (Å²) in [6, 6.07) is 0. The number of rotatable bonds is 10. The lowest BCUT2D eigenvalue weighted by Crippen LogP contribution is -2.46.